The molecule has 0 atom stereocenters. The van der Waals surface area contributed by atoms with Crippen LogP contribution in [-0.2, 0) is 12.4 Å². The number of nitrogens with zero attached hydrogens (tertiary/aromatic N) is 1. The topological polar surface area (TPSA) is 15.3 Å². The Morgan fingerprint density at radius 2 is 1.03 bits per heavy atom. The smallest absolute Gasteiger partial charge is 0.332 e. The maximum atomic E-state index is 12.9. The summed E-state index contributed by atoms with van der Waals surface area (Å²) in [4.78, 5) is 1.36. The quantitative estimate of drug-likeness (QED) is 0.341. The molecule has 156 valence electrons. The maximum Gasteiger partial charge on any atom is 0.416 e. The molecule has 0 amide bonds. The largest absolute Gasteiger partial charge is 0.416 e. The Labute approximate surface area is 173 Å². The maximum absolute atomic E-state index is 12.9. The molecule has 3 rings (SSSR count). The van der Waals surface area contributed by atoms with Crippen molar-refractivity contribution in [1.29, 1.82) is 0 Å². The van der Waals surface area contributed by atoms with Gasteiger partial charge < -0.3 is 5.32 Å². The van der Waals surface area contributed by atoms with Gasteiger partial charge in [-0.05, 0) is 72.9 Å². The minimum atomic E-state index is -4.51. The molecular weight excluding hydrogens is 426 g/mol. The third kappa shape index (κ3) is 5.10. The second-order valence-electron chi connectivity index (χ2n) is 6.22. The summed E-state index contributed by atoms with van der Waals surface area (Å²) in [7, 11) is 0. The number of para-hydroxylation sites is 1. The van der Waals surface area contributed by atoms with Crippen molar-refractivity contribution in [3.63, 3.8) is 0 Å². The summed E-state index contributed by atoms with van der Waals surface area (Å²) >= 11 is 5.40. The summed E-state index contributed by atoms with van der Waals surface area (Å²) in [6, 6.07) is 17.1. The minimum absolute atomic E-state index is 0.0840. The van der Waals surface area contributed by atoms with E-state index in [-0.39, 0.29) is 16.5 Å². The van der Waals surface area contributed by atoms with E-state index in [1.54, 1.807) is 30.3 Å². The highest BCUT2D eigenvalue weighted by atomic mass is 32.1. The predicted octanol–water partition coefficient (Wildman–Crippen LogP) is 7.26. The fourth-order valence-corrected chi connectivity index (χ4v) is 3.01. The van der Waals surface area contributed by atoms with Crippen LogP contribution in [0.1, 0.15) is 11.1 Å². The zero-order valence-corrected chi connectivity index (χ0v) is 15.9. The Kier molecular flexibility index (Phi) is 6.02. The van der Waals surface area contributed by atoms with E-state index in [9.17, 15) is 26.3 Å². The molecule has 9 heteroatoms. The molecule has 3 aromatic rings. The molecule has 0 radical (unpaired) electrons. The van der Waals surface area contributed by atoms with Crippen LogP contribution < -0.4 is 10.2 Å². The van der Waals surface area contributed by atoms with Crippen LogP contribution in [0.4, 0.5) is 43.4 Å². The lowest BCUT2D eigenvalue weighted by molar-refractivity contribution is -0.138. The molecule has 0 bridgehead atoms. The molecule has 0 heterocycles. The van der Waals surface area contributed by atoms with Crippen molar-refractivity contribution in [1.82, 2.24) is 0 Å². The van der Waals surface area contributed by atoms with Gasteiger partial charge in [0.05, 0.1) is 11.1 Å². The lowest BCUT2D eigenvalue weighted by Gasteiger charge is -2.27. The highest BCUT2D eigenvalue weighted by Crippen LogP contribution is 2.35. The molecule has 30 heavy (non-hydrogen) atoms. The van der Waals surface area contributed by atoms with Gasteiger partial charge in [-0.2, -0.15) is 26.3 Å². The van der Waals surface area contributed by atoms with Gasteiger partial charge in [0.2, 0.25) is 0 Å². The summed E-state index contributed by atoms with van der Waals surface area (Å²) in [6.45, 7) is 0. The van der Waals surface area contributed by atoms with Crippen molar-refractivity contribution < 1.29 is 26.3 Å². The van der Waals surface area contributed by atoms with E-state index < -0.39 is 23.5 Å². The molecule has 0 aromatic heterocycles. The van der Waals surface area contributed by atoms with E-state index in [1.165, 1.54) is 29.2 Å². The van der Waals surface area contributed by atoms with Crippen LogP contribution in [-0.4, -0.2) is 5.11 Å². The number of anilines is 3. The van der Waals surface area contributed by atoms with E-state index in [1.807, 2.05) is 0 Å². The number of hydrogen-bond donors (Lipinski definition) is 1. The summed E-state index contributed by atoms with van der Waals surface area (Å²) < 4.78 is 77.3. The standard InChI is InChI=1S/C21H14F6N2S/c22-20(23,24)14-6-10-17(11-7-14)29(19(30)28-16-4-2-1-3-5-16)18-12-8-15(9-13-18)21(25,26)27/h1-13H,(H,28,30). The Hall–Kier alpha value is -3.07. The number of halogens is 6. The molecule has 1 N–H and O–H groups in total. The molecule has 2 nitrogen and oxygen atoms in total. The van der Waals surface area contributed by atoms with Crippen molar-refractivity contribution in [3.05, 3.63) is 90.0 Å². The van der Waals surface area contributed by atoms with Gasteiger partial charge in [-0.15, -0.1) is 0 Å². The Morgan fingerprint density at radius 1 is 0.633 bits per heavy atom. The Balaban J connectivity index is 1.99. The molecule has 0 aliphatic heterocycles. The zero-order valence-electron chi connectivity index (χ0n) is 15.1. The molecule has 3 aromatic carbocycles. The van der Waals surface area contributed by atoms with Crippen LogP contribution in [0.5, 0.6) is 0 Å². The lowest BCUT2D eigenvalue weighted by Crippen LogP contribution is -2.30. The lowest BCUT2D eigenvalue weighted by atomic mass is 10.1. The van der Waals surface area contributed by atoms with Crippen LogP contribution in [0.2, 0.25) is 0 Å². The molecular formula is C21H14F6N2S. The first kappa shape index (κ1) is 21.6. The van der Waals surface area contributed by atoms with Crippen LogP contribution >= 0.6 is 12.2 Å². The molecule has 0 saturated heterocycles. The fourth-order valence-electron chi connectivity index (χ4n) is 2.68. The first-order valence-corrected chi connectivity index (χ1v) is 8.97. The predicted molar refractivity (Wildman–Crippen MR) is 108 cm³/mol. The summed E-state index contributed by atoms with van der Waals surface area (Å²) in [5.74, 6) is 0. The first-order valence-electron chi connectivity index (χ1n) is 8.56. The molecule has 0 spiro atoms. The highest BCUT2D eigenvalue weighted by Gasteiger charge is 2.31. The van der Waals surface area contributed by atoms with E-state index in [0.717, 1.165) is 24.3 Å². The van der Waals surface area contributed by atoms with Crippen LogP contribution in [0, 0.1) is 0 Å². The minimum Gasteiger partial charge on any atom is -0.332 e. The van der Waals surface area contributed by atoms with Gasteiger partial charge in [0, 0.05) is 17.1 Å². The molecule has 0 aliphatic carbocycles. The molecule has 0 fully saturated rings. The normalized spacial score (nSPS) is 11.8. The molecule has 0 unspecified atom stereocenters. The Bertz CT molecular complexity index is 939. The second kappa shape index (κ2) is 8.35. The fraction of sp³-hybridized carbons (Fsp3) is 0.0952. The number of rotatable bonds is 3. The summed E-state index contributed by atoms with van der Waals surface area (Å²) in [5, 5.41) is 3.03. The van der Waals surface area contributed by atoms with E-state index in [2.05, 4.69) is 5.32 Å². The summed E-state index contributed by atoms with van der Waals surface area (Å²) in [6.07, 6.45) is -9.03. The van der Waals surface area contributed by atoms with Crippen molar-refractivity contribution in [3.8, 4) is 0 Å². The summed E-state index contributed by atoms with van der Waals surface area (Å²) in [5.41, 5.74) is -0.556. The first-order chi connectivity index (χ1) is 14.1. The van der Waals surface area contributed by atoms with Gasteiger partial charge in [-0.25, -0.2) is 0 Å². The third-order valence-electron chi connectivity index (χ3n) is 4.13. The number of thiocarbonyl (C=S) groups is 1. The number of hydrogen-bond acceptors (Lipinski definition) is 1. The SMILES string of the molecule is FC(F)(F)c1ccc(N(C(=S)Nc2ccccc2)c2ccc(C(F)(F)F)cc2)cc1. The van der Waals surface area contributed by atoms with Gasteiger partial charge in [-0.1, -0.05) is 18.2 Å². The number of alkyl halides is 6. The van der Waals surface area contributed by atoms with E-state index >= 15 is 0 Å². The van der Waals surface area contributed by atoms with Crippen LogP contribution in [0.15, 0.2) is 78.9 Å². The van der Waals surface area contributed by atoms with Crippen molar-refractivity contribution in [2.45, 2.75) is 12.4 Å². The zero-order chi connectivity index (χ0) is 21.9. The van der Waals surface area contributed by atoms with Crippen LogP contribution in [0.25, 0.3) is 0 Å². The van der Waals surface area contributed by atoms with Crippen molar-refractivity contribution in [2.24, 2.45) is 0 Å². The third-order valence-corrected chi connectivity index (χ3v) is 4.42. The average molecular weight is 440 g/mol. The van der Waals surface area contributed by atoms with Gasteiger partial charge in [0.25, 0.3) is 0 Å². The highest BCUT2D eigenvalue weighted by molar-refractivity contribution is 7.80. The average Bonchev–Trinajstić information content (AvgIpc) is 2.68. The van der Waals surface area contributed by atoms with Crippen LogP contribution in [0.3, 0.4) is 0 Å². The number of benzene rings is 3. The Morgan fingerprint density at radius 3 is 1.40 bits per heavy atom. The van der Waals surface area contributed by atoms with Gasteiger partial charge in [0.1, 0.15) is 0 Å². The number of nitrogens with one attached hydrogen (secondary N) is 1. The monoisotopic (exact) mass is 440 g/mol. The van der Waals surface area contributed by atoms with Crippen molar-refractivity contribution in [2.75, 3.05) is 10.2 Å². The van der Waals surface area contributed by atoms with Gasteiger partial charge >= 0.3 is 12.4 Å². The van der Waals surface area contributed by atoms with Gasteiger partial charge in [0.15, 0.2) is 5.11 Å². The van der Waals surface area contributed by atoms with E-state index in [0.29, 0.717) is 5.69 Å². The van der Waals surface area contributed by atoms with Gasteiger partial charge in [-0.3, -0.25) is 4.90 Å². The second-order valence-corrected chi connectivity index (χ2v) is 6.61. The van der Waals surface area contributed by atoms with Crippen molar-refractivity contribution >= 4 is 34.4 Å². The molecule has 0 aliphatic rings. The molecule has 0 saturated carbocycles. The van der Waals surface area contributed by atoms with E-state index in [4.69, 9.17) is 12.2 Å².